The van der Waals surface area contributed by atoms with Crippen LogP contribution < -0.4 is 5.32 Å². The maximum Gasteiger partial charge on any atom is 0.124 e. The van der Waals surface area contributed by atoms with Gasteiger partial charge in [-0.15, -0.1) is 0 Å². The third kappa shape index (κ3) is 2.79. The molecule has 0 fully saturated rings. The van der Waals surface area contributed by atoms with E-state index in [1.54, 1.807) is 6.07 Å². The Morgan fingerprint density at radius 2 is 2.05 bits per heavy atom. The summed E-state index contributed by atoms with van der Waals surface area (Å²) in [5.41, 5.74) is 3.75. The van der Waals surface area contributed by atoms with E-state index < -0.39 is 0 Å². The van der Waals surface area contributed by atoms with Crippen LogP contribution in [0.15, 0.2) is 40.9 Å². The highest BCUT2D eigenvalue weighted by molar-refractivity contribution is 14.1. The molecule has 0 spiro atoms. The first-order valence-corrected chi connectivity index (χ1v) is 8.00. The standard InChI is InChI=1S/C15H12BrFIN/c16-10-2-4-12-9(7-10)1-5-14(12)19-15-6-3-11(17)8-13(15)18/h2-4,6-8,14,19H,1,5H2. The molecule has 1 atom stereocenters. The van der Waals surface area contributed by atoms with E-state index in [1.807, 2.05) is 6.07 Å². The molecule has 1 N–H and O–H groups in total. The molecule has 19 heavy (non-hydrogen) atoms. The van der Waals surface area contributed by atoms with Gasteiger partial charge in [0.1, 0.15) is 5.82 Å². The van der Waals surface area contributed by atoms with Crippen molar-refractivity contribution >= 4 is 44.2 Å². The van der Waals surface area contributed by atoms with Gasteiger partial charge in [0.15, 0.2) is 0 Å². The second-order valence-electron chi connectivity index (χ2n) is 4.70. The number of benzene rings is 2. The third-order valence-corrected chi connectivity index (χ3v) is 4.83. The summed E-state index contributed by atoms with van der Waals surface area (Å²) in [7, 11) is 0. The van der Waals surface area contributed by atoms with E-state index in [0.717, 1.165) is 26.6 Å². The quantitative estimate of drug-likeness (QED) is 0.637. The average molecular weight is 432 g/mol. The highest BCUT2D eigenvalue weighted by Gasteiger charge is 2.22. The highest BCUT2D eigenvalue weighted by atomic mass is 127. The van der Waals surface area contributed by atoms with Gasteiger partial charge in [0.2, 0.25) is 0 Å². The van der Waals surface area contributed by atoms with Crippen molar-refractivity contribution in [2.45, 2.75) is 18.9 Å². The van der Waals surface area contributed by atoms with E-state index in [9.17, 15) is 4.39 Å². The van der Waals surface area contributed by atoms with E-state index in [-0.39, 0.29) is 5.82 Å². The van der Waals surface area contributed by atoms with Gasteiger partial charge in [0, 0.05) is 13.7 Å². The predicted octanol–water partition coefficient (Wildman–Crippen LogP) is 5.29. The van der Waals surface area contributed by atoms with Crippen molar-refractivity contribution in [3.8, 4) is 0 Å². The van der Waals surface area contributed by atoms with Crippen LogP contribution in [-0.4, -0.2) is 0 Å². The van der Waals surface area contributed by atoms with Gasteiger partial charge in [0.05, 0.1) is 6.04 Å². The molecule has 2 aromatic carbocycles. The summed E-state index contributed by atoms with van der Waals surface area (Å²) >= 11 is 5.68. The molecule has 0 bridgehead atoms. The molecular weight excluding hydrogens is 420 g/mol. The predicted molar refractivity (Wildman–Crippen MR) is 87.9 cm³/mol. The van der Waals surface area contributed by atoms with Crippen LogP contribution in [0.25, 0.3) is 0 Å². The van der Waals surface area contributed by atoms with E-state index in [1.165, 1.54) is 17.2 Å². The zero-order valence-electron chi connectivity index (χ0n) is 10.1. The van der Waals surface area contributed by atoms with Gasteiger partial charge in [0.25, 0.3) is 0 Å². The summed E-state index contributed by atoms with van der Waals surface area (Å²) in [4.78, 5) is 0. The zero-order valence-corrected chi connectivity index (χ0v) is 13.8. The fourth-order valence-corrected chi connectivity index (χ4v) is 3.57. The Morgan fingerprint density at radius 1 is 1.21 bits per heavy atom. The average Bonchev–Trinajstić information content (AvgIpc) is 2.75. The van der Waals surface area contributed by atoms with Gasteiger partial charge >= 0.3 is 0 Å². The first-order chi connectivity index (χ1) is 9.13. The Morgan fingerprint density at radius 3 is 2.84 bits per heavy atom. The molecule has 4 heteroatoms. The van der Waals surface area contributed by atoms with Crippen LogP contribution in [0.5, 0.6) is 0 Å². The zero-order chi connectivity index (χ0) is 13.4. The fraction of sp³-hybridized carbons (Fsp3) is 0.200. The van der Waals surface area contributed by atoms with E-state index in [2.05, 4.69) is 62.0 Å². The maximum absolute atomic E-state index is 13.1. The molecule has 1 aliphatic rings. The van der Waals surface area contributed by atoms with Crippen LogP contribution in [0.3, 0.4) is 0 Å². The van der Waals surface area contributed by atoms with Crippen LogP contribution in [0, 0.1) is 9.39 Å². The summed E-state index contributed by atoms with van der Waals surface area (Å²) in [6, 6.07) is 11.6. The van der Waals surface area contributed by atoms with Gasteiger partial charge in [-0.25, -0.2) is 4.39 Å². The second kappa shape index (κ2) is 5.40. The minimum Gasteiger partial charge on any atom is -0.377 e. The van der Waals surface area contributed by atoms with Crippen molar-refractivity contribution in [1.29, 1.82) is 0 Å². The Hall–Kier alpha value is -0.620. The molecule has 0 radical (unpaired) electrons. The third-order valence-electron chi connectivity index (χ3n) is 3.44. The SMILES string of the molecule is Fc1ccc(NC2CCc3cc(Br)ccc32)c(I)c1. The number of rotatable bonds is 2. The summed E-state index contributed by atoms with van der Waals surface area (Å²) < 4.78 is 15.2. The van der Waals surface area contributed by atoms with Crippen LogP contribution in [0.2, 0.25) is 0 Å². The Kier molecular flexibility index (Phi) is 3.80. The normalized spacial score (nSPS) is 17.3. The number of halogens is 3. The van der Waals surface area contributed by atoms with E-state index in [4.69, 9.17) is 0 Å². The molecule has 1 nitrogen and oxygen atoms in total. The summed E-state index contributed by atoms with van der Waals surface area (Å²) in [5, 5.41) is 3.52. The number of anilines is 1. The van der Waals surface area contributed by atoms with E-state index in [0.29, 0.717) is 6.04 Å². The van der Waals surface area contributed by atoms with Crippen molar-refractivity contribution in [3.05, 3.63) is 61.4 Å². The summed E-state index contributed by atoms with van der Waals surface area (Å²) in [6.07, 6.45) is 2.17. The minimum absolute atomic E-state index is 0.189. The lowest BCUT2D eigenvalue weighted by Crippen LogP contribution is -2.08. The Balaban J connectivity index is 1.86. The Labute approximate surface area is 133 Å². The van der Waals surface area contributed by atoms with Crippen LogP contribution >= 0.6 is 38.5 Å². The molecule has 0 amide bonds. The maximum atomic E-state index is 13.1. The number of aryl methyl sites for hydroxylation is 1. The summed E-state index contributed by atoms with van der Waals surface area (Å²) in [6.45, 7) is 0. The second-order valence-corrected chi connectivity index (χ2v) is 6.78. The van der Waals surface area contributed by atoms with Crippen molar-refractivity contribution in [2.24, 2.45) is 0 Å². The van der Waals surface area contributed by atoms with Gasteiger partial charge in [-0.1, -0.05) is 22.0 Å². The highest BCUT2D eigenvalue weighted by Crippen LogP contribution is 2.36. The molecule has 3 rings (SSSR count). The molecule has 0 heterocycles. The van der Waals surface area contributed by atoms with Crippen LogP contribution in [0.1, 0.15) is 23.6 Å². The molecule has 2 aromatic rings. The lowest BCUT2D eigenvalue weighted by Gasteiger charge is -2.17. The molecule has 0 aliphatic heterocycles. The fourth-order valence-electron chi connectivity index (χ4n) is 2.53. The molecule has 1 aliphatic carbocycles. The van der Waals surface area contributed by atoms with Gasteiger partial charge in [-0.3, -0.25) is 0 Å². The van der Waals surface area contributed by atoms with Crippen molar-refractivity contribution < 1.29 is 4.39 Å². The largest absolute Gasteiger partial charge is 0.377 e. The molecule has 0 saturated carbocycles. The Bertz CT molecular complexity index is 630. The molecule has 98 valence electrons. The lowest BCUT2D eigenvalue weighted by molar-refractivity contribution is 0.626. The minimum atomic E-state index is -0.189. The lowest BCUT2D eigenvalue weighted by atomic mass is 10.1. The number of hydrogen-bond acceptors (Lipinski definition) is 1. The van der Waals surface area contributed by atoms with Crippen LogP contribution in [-0.2, 0) is 6.42 Å². The van der Waals surface area contributed by atoms with Crippen LogP contribution in [0.4, 0.5) is 10.1 Å². The number of hydrogen-bond donors (Lipinski definition) is 1. The van der Waals surface area contributed by atoms with E-state index >= 15 is 0 Å². The summed E-state index contributed by atoms with van der Waals surface area (Å²) in [5.74, 6) is -0.189. The number of fused-ring (bicyclic) bond motifs is 1. The first-order valence-electron chi connectivity index (χ1n) is 6.13. The topological polar surface area (TPSA) is 12.0 Å². The molecular formula is C15H12BrFIN. The van der Waals surface area contributed by atoms with Gasteiger partial charge in [-0.05, 0) is 76.9 Å². The molecule has 0 aromatic heterocycles. The first kappa shape index (κ1) is 13.4. The smallest absolute Gasteiger partial charge is 0.124 e. The monoisotopic (exact) mass is 431 g/mol. The van der Waals surface area contributed by atoms with Gasteiger partial charge < -0.3 is 5.32 Å². The van der Waals surface area contributed by atoms with Crippen molar-refractivity contribution in [1.82, 2.24) is 0 Å². The van der Waals surface area contributed by atoms with Gasteiger partial charge in [-0.2, -0.15) is 0 Å². The molecule has 1 unspecified atom stereocenters. The van der Waals surface area contributed by atoms with Crippen molar-refractivity contribution in [2.75, 3.05) is 5.32 Å². The number of nitrogens with one attached hydrogen (secondary N) is 1. The molecule has 0 saturated heterocycles. The van der Waals surface area contributed by atoms with Crippen molar-refractivity contribution in [3.63, 3.8) is 0 Å².